The van der Waals surface area contributed by atoms with Crippen LogP contribution in [0.15, 0.2) is 54.6 Å². The van der Waals surface area contributed by atoms with Crippen LogP contribution < -0.4 is 5.32 Å². The quantitative estimate of drug-likeness (QED) is 0.492. The van der Waals surface area contributed by atoms with Crippen molar-refractivity contribution in [1.82, 2.24) is 20.0 Å². The first-order valence-corrected chi connectivity index (χ1v) is 11.6. The van der Waals surface area contributed by atoms with E-state index in [0.29, 0.717) is 37.6 Å². The number of rotatable bonds is 4. The van der Waals surface area contributed by atoms with Crippen LogP contribution in [0, 0.1) is 0 Å². The molecule has 0 radical (unpaired) electrons. The minimum Gasteiger partial charge on any atom is -0.465 e. The molecule has 10 nitrogen and oxygen atoms in total. The molecule has 0 saturated carbocycles. The number of benzene rings is 2. The number of amides is 3. The van der Waals surface area contributed by atoms with E-state index in [9.17, 15) is 14.4 Å². The Morgan fingerprint density at radius 2 is 1.56 bits per heavy atom. The van der Waals surface area contributed by atoms with Crippen LogP contribution in [0.5, 0.6) is 0 Å². The zero-order valence-corrected chi connectivity index (χ0v) is 20.4. The molecule has 3 aromatic rings. The van der Waals surface area contributed by atoms with Crippen molar-refractivity contribution in [2.45, 2.75) is 26.4 Å². The van der Waals surface area contributed by atoms with Gasteiger partial charge in [0.2, 0.25) is 0 Å². The standard InChI is InChI=1S/C26H29N5O5/c1-26(2,3)36-24(33)27-22-16-21(28-29-22)20-6-4-5-19(15-20)17-7-9-18(10-8-17)23(32)30-11-13-31(14-12-30)25(34)35/h4-10,15-16H,11-14H2,1-3H3,(H,34,35)(H2,27,28,29,33). The van der Waals surface area contributed by atoms with Crippen LogP contribution in [0.1, 0.15) is 31.1 Å². The molecule has 2 heterocycles. The van der Waals surface area contributed by atoms with E-state index in [1.54, 1.807) is 43.9 Å². The first kappa shape index (κ1) is 24.8. The SMILES string of the molecule is CC(C)(C)OC(=O)Nc1cc(-c2cccc(-c3ccc(C(=O)N4CCN(C(=O)O)CC4)cc3)c2)[nH]n1. The van der Waals surface area contributed by atoms with Crippen LogP contribution in [-0.2, 0) is 4.74 Å². The molecule has 0 aliphatic carbocycles. The average molecular weight is 492 g/mol. The van der Waals surface area contributed by atoms with Gasteiger partial charge in [0, 0.05) is 43.4 Å². The van der Waals surface area contributed by atoms with Gasteiger partial charge in [0.05, 0.1) is 5.69 Å². The number of nitrogens with zero attached hydrogens (tertiary/aromatic N) is 3. The minimum absolute atomic E-state index is 0.109. The molecule has 1 aliphatic rings. The summed E-state index contributed by atoms with van der Waals surface area (Å²) in [5.41, 5.74) is 3.47. The average Bonchev–Trinajstić information content (AvgIpc) is 3.31. The Balaban J connectivity index is 1.43. The number of anilines is 1. The van der Waals surface area contributed by atoms with Crippen LogP contribution in [0.4, 0.5) is 15.4 Å². The van der Waals surface area contributed by atoms with Crippen molar-refractivity contribution >= 4 is 23.9 Å². The summed E-state index contributed by atoms with van der Waals surface area (Å²) in [6.07, 6.45) is -1.54. The van der Waals surface area contributed by atoms with Crippen LogP contribution in [0.3, 0.4) is 0 Å². The third-order valence-corrected chi connectivity index (χ3v) is 5.68. The number of carboxylic acid groups (broad SMARTS) is 1. The minimum atomic E-state index is -0.959. The molecule has 3 N–H and O–H groups in total. The van der Waals surface area contributed by atoms with Crippen LogP contribution in [-0.4, -0.2) is 75.0 Å². The molecule has 1 fully saturated rings. The first-order chi connectivity index (χ1) is 17.1. The Morgan fingerprint density at radius 3 is 2.19 bits per heavy atom. The molecular formula is C26H29N5O5. The van der Waals surface area contributed by atoms with Crippen molar-refractivity contribution < 1.29 is 24.2 Å². The van der Waals surface area contributed by atoms with Crippen molar-refractivity contribution in [3.63, 3.8) is 0 Å². The highest BCUT2D eigenvalue weighted by Gasteiger charge is 2.24. The predicted octanol–water partition coefficient (Wildman–Crippen LogP) is 4.53. The number of aromatic nitrogens is 2. The zero-order chi connectivity index (χ0) is 25.9. The molecule has 10 heteroatoms. The molecule has 3 amide bonds. The van der Waals surface area contributed by atoms with E-state index in [1.807, 2.05) is 36.4 Å². The fraction of sp³-hybridized carbons (Fsp3) is 0.308. The third kappa shape index (κ3) is 6.01. The van der Waals surface area contributed by atoms with Crippen molar-refractivity contribution in [2.75, 3.05) is 31.5 Å². The number of aromatic amines is 1. The van der Waals surface area contributed by atoms with Crippen LogP contribution >= 0.6 is 0 Å². The molecule has 0 bridgehead atoms. The van der Waals surface area contributed by atoms with Gasteiger partial charge >= 0.3 is 12.2 Å². The van der Waals surface area contributed by atoms with Gasteiger partial charge in [0.1, 0.15) is 5.60 Å². The van der Waals surface area contributed by atoms with Crippen LogP contribution in [0.2, 0.25) is 0 Å². The smallest absolute Gasteiger partial charge is 0.413 e. The summed E-state index contributed by atoms with van der Waals surface area (Å²) < 4.78 is 5.26. The number of nitrogens with one attached hydrogen (secondary N) is 2. The lowest BCUT2D eigenvalue weighted by atomic mass is 10.0. The second-order valence-electron chi connectivity index (χ2n) is 9.51. The summed E-state index contributed by atoms with van der Waals surface area (Å²) >= 11 is 0. The van der Waals surface area contributed by atoms with E-state index in [-0.39, 0.29) is 5.91 Å². The number of carbonyl (C=O) groups excluding carboxylic acids is 2. The van der Waals surface area contributed by atoms with Crippen LogP contribution in [0.25, 0.3) is 22.4 Å². The topological polar surface area (TPSA) is 128 Å². The normalized spacial score (nSPS) is 13.9. The lowest BCUT2D eigenvalue weighted by molar-refractivity contribution is 0.0623. The first-order valence-electron chi connectivity index (χ1n) is 11.6. The number of piperazine rings is 1. The Bertz CT molecular complexity index is 1250. The molecule has 1 saturated heterocycles. The predicted molar refractivity (Wildman–Crippen MR) is 135 cm³/mol. The van der Waals surface area contributed by atoms with E-state index in [4.69, 9.17) is 9.84 Å². The number of hydrogen-bond donors (Lipinski definition) is 3. The maximum atomic E-state index is 12.8. The van der Waals surface area contributed by atoms with Crippen molar-refractivity contribution in [1.29, 1.82) is 0 Å². The Hall–Kier alpha value is -4.34. The molecule has 1 aromatic heterocycles. The summed E-state index contributed by atoms with van der Waals surface area (Å²) in [4.78, 5) is 38.9. The monoisotopic (exact) mass is 491 g/mol. The van der Waals surface area contributed by atoms with E-state index in [2.05, 4.69) is 15.5 Å². The lowest BCUT2D eigenvalue weighted by Gasteiger charge is -2.33. The van der Waals surface area contributed by atoms with E-state index < -0.39 is 17.8 Å². The maximum absolute atomic E-state index is 12.8. The van der Waals surface area contributed by atoms with Crippen molar-refractivity contribution in [3.05, 3.63) is 60.2 Å². The summed E-state index contributed by atoms with van der Waals surface area (Å²) in [5, 5.41) is 18.8. The summed E-state index contributed by atoms with van der Waals surface area (Å²) in [5.74, 6) is 0.250. The van der Waals surface area contributed by atoms with Crippen molar-refractivity contribution in [3.8, 4) is 22.4 Å². The molecule has 4 rings (SSSR count). The molecular weight excluding hydrogens is 462 g/mol. The number of carbonyl (C=O) groups is 3. The Labute approximate surface area is 208 Å². The lowest BCUT2D eigenvalue weighted by Crippen LogP contribution is -2.50. The highest BCUT2D eigenvalue weighted by molar-refractivity contribution is 5.95. The van der Waals surface area contributed by atoms with Gasteiger partial charge in [-0.25, -0.2) is 9.59 Å². The highest BCUT2D eigenvalue weighted by atomic mass is 16.6. The van der Waals surface area contributed by atoms with E-state index in [0.717, 1.165) is 22.4 Å². The number of ether oxygens (including phenoxy) is 1. The Morgan fingerprint density at radius 1 is 0.917 bits per heavy atom. The number of H-pyrrole nitrogens is 1. The fourth-order valence-electron chi connectivity index (χ4n) is 3.90. The van der Waals surface area contributed by atoms with Gasteiger partial charge in [-0.15, -0.1) is 0 Å². The van der Waals surface area contributed by atoms with Gasteiger partial charge in [0.25, 0.3) is 5.91 Å². The molecule has 0 spiro atoms. The summed E-state index contributed by atoms with van der Waals surface area (Å²) in [7, 11) is 0. The largest absolute Gasteiger partial charge is 0.465 e. The van der Waals surface area contributed by atoms with Gasteiger partial charge in [0.15, 0.2) is 5.82 Å². The highest BCUT2D eigenvalue weighted by Crippen LogP contribution is 2.27. The number of hydrogen-bond acceptors (Lipinski definition) is 5. The summed E-state index contributed by atoms with van der Waals surface area (Å²) in [6.45, 7) is 6.76. The van der Waals surface area contributed by atoms with Gasteiger partial charge in [-0.2, -0.15) is 5.10 Å². The molecule has 1 aliphatic heterocycles. The molecule has 0 unspecified atom stereocenters. The Kier molecular flexibility index (Phi) is 6.96. The summed E-state index contributed by atoms with van der Waals surface area (Å²) in [6, 6.07) is 16.9. The van der Waals surface area contributed by atoms with E-state index >= 15 is 0 Å². The third-order valence-electron chi connectivity index (χ3n) is 5.68. The molecule has 0 atom stereocenters. The van der Waals surface area contributed by atoms with E-state index in [1.165, 1.54) is 4.90 Å². The molecule has 36 heavy (non-hydrogen) atoms. The molecule has 188 valence electrons. The van der Waals surface area contributed by atoms with Gasteiger partial charge in [-0.3, -0.25) is 15.2 Å². The maximum Gasteiger partial charge on any atom is 0.413 e. The second kappa shape index (κ2) is 10.1. The molecule has 2 aromatic carbocycles. The van der Waals surface area contributed by atoms with Gasteiger partial charge < -0.3 is 19.6 Å². The zero-order valence-electron chi connectivity index (χ0n) is 20.4. The van der Waals surface area contributed by atoms with Crippen molar-refractivity contribution in [2.24, 2.45) is 0 Å². The van der Waals surface area contributed by atoms with Gasteiger partial charge in [-0.05, 0) is 50.1 Å². The van der Waals surface area contributed by atoms with Gasteiger partial charge in [-0.1, -0.05) is 30.3 Å². The fourth-order valence-corrected chi connectivity index (χ4v) is 3.90. The second-order valence-corrected chi connectivity index (χ2v) is 9.51.